The van der Waals surface area contributed by atoms with Gasteiger partial charge in [0.15, 0.2) is 0 Å². The van der Waals surface area contributed by atoms with Crippen molar-refractivity contribution in [1.82, 2.24) is 9.29 Å². The normalized spacial score (nSPS) is 11.4. The molecule has 0 saturated heterocycles. The predicted molar refractivity (Wildman–Crippen MR) is 131 cm³/mol. The number of nitrogens with zero attached hydrogens (tertiary/aromatic N) is 2. The maximum atomic E-state index is 13.0. The third-order valence-electron chi connectivity index (χ3n) is 4.96. The molecule has 174 valence electrons. The van der Waals surface area contributed by atoms with Crippen LogP contribution in [-0.2, 0) is 15.8 Å². The molecule has 7 nitrogen and oxygen atoms in total. The summed E-state index contributed by atoms with van der Waals surface area (Å²) in [5, 5.41) is 3.78. The summed E-state index contributed by atoms with van der Waals surface area (Å²) in [6, 6.07) is 17.7. The molecule has 0 bridgehead atoms. The summed E-state index contributed by atoms with van der Waals surface area (Å²) in [5.74, 6) is 0.505. The Balaban J connectivity index is 1.79. The Hall–Kier alpha value is -2.88. The number of carbonyl (C=O) groups excluding carboxylic acids is 1. The molecule has 1 heterocycles. The summed E-state index contributed by atoms with van der Waals surface area (Å²) in [5.41, 5.74) is 1.89. The van der Waals surface area contributed by atoms with Gasteiger partial charge in [0.2, 0.25) is 10.0 Å². The highest BCUT2D eigenvalue weighted by atomic mass is 32.2. The van der Waals surface area contributed by atoms with Crippen molar-refractivity contribution in [2.45, 2.75) is 29.5 Å². The number of pyridine rings is 1. The van der Waals surface area contributed by atoms with E-state index in [0.29, 0.717) is 24.5 Å². The van der Waals surface area contributed by atoms with Crippen LogP contribution in [0.2, 0.25) is 0 Å². The van der Waals surface area contributed by atoms with E-state index in [4.69, 9.17) is 4.74 Å². The molecule has 3 aromatic rings. The number of benzene rings is 2. The van der Waals surface area contributed by atoms with Crippen molar-refractivity contribution in [3.63, 3.8) is 0 Å². The average molecular weight is 486 g/mol. The molecule has 0 aliphatic carbocycles. The molecular weight excluding hydrogens is 458 g/mol. The zero-order valence-electron chi connectivity index (χ0n) is 18.8. The summed E-state index contributed by atoms with van der Waals surface area (Å²) in [6.45, 7) is 4.18. The third-order valence-corrected chi connectivity index (χ3v) is 8.04. The van der Waals surface area contributed by atoms with Crippen molar-refractivity contribution < 1.29 is 17.9 Å². The largest absolute Gasteiger partial charge is 0.495 e. The van der Waals surface area contributed by atoms with Crippen LogP contribution in [0.1, 0.15) is 29.8 Å². The first kappa shape index (κ1) is 24.8. The van der Waals surface area contributed by atoms with E-state index in [2.05, 4.69) is 10.3 Å². The molecule has 0 spiro atoms. The van der Waals surface area contributed by atoms with Gasteiger partial charge in [0, 0.05) is 36.3 Å². The zero-order valence-corrected chi connectivity index (χ0v) is 20.4. The smallest absolute Gasteiger partial charge is 0.255 e. The van der Waals surface area contributed by atoms with E-state index in [1.54, 1.807) is 43.9 Å². The molecule has 2 aromatic carbocycles. The van der Waals surface area contributed by atoms with Crippen LogP contribution in [0.5, 0.6) is 5.75 Å². The van der Waals surface area contributed by atoms with Crippen molar-refractivity contribution in [3.05, 3.63) is 78.0 Å². The number of hydrogen-bond donors (Lipinski definition) is 1. The third kappa shape index (κ3) is 6.13. The van der Waals surface area contributed by atoms with Gasteiger partial charge in [-0.2, -0.15) is 4.31 Å². The van der Waals surface area contributed by atoms with Gasteiger partial charge in [0.1, 0.15) is 10.6 Å². The van der Waals surface area contributed by atoms with E-state index in [1.165, 1.54) is 23.5 Å². The van der Waals surface area contributed by atoms with Crippen molar-refractivity contribution in [1.29, 1.82) is 0 Å². The van der Waals surface area contributed by atoms with Gasteiger partial charge >= 0.3 is 0 Å². The maximum Gasteiger partial charge on any atom is 0.255 e. The van der Waals surface area contributed by atoms with Crippen LogP contribution in [0.15, 0.2) is 76.8 Å². The van der Waals surface area contributed by atoms with Gasteiger partial charge in [-0.15, -0.1) is 11.8 Å². The first-order chi connectivity index (χ1) is 15.9. The molecule has 9 heteroatoms. The van der Waals surface area contributed by atoms with E-state index in [0.717, 1.165) is 10.6 Å². The summed E-state index contributed by atoms with van der Waals surface area (Å²) < 4.78 is 32.7. The minimum Gasteiger partial charge on any atom is -0.495 e. The Kier molecular flexibility index (Phi) is 8.49. The van der Waals surface area contributed by atoms with Crippen LogP contribution >= 0.6 is 11.8 Å². The molecule has 0 aliphatic rings. The standard InChI is InChI=1S/C24H27N3O4S2/c1-4-27(5-2)33(29,30)22-16-19(12-13-21(22)31-3)24(28)26-20-10-8-9-18(15-20)17-32-23-11-6-7-14-25-23/h6-16H,4-5,17H2,1-3H3,(H,26,28). The SMILES string of the molecule is CCN(CC)S(=O)(=O)c1cc(C(=O)Nc2cccc(CSc3ccccn3)c2)ccc1OC. The number of thioether (sulfide) groups is 1. The number of hydrogen-bond acceptors (Lipinski definition) is 6. The average Bonchev–Trinajstić information content (AvgIpc) is 2.83. The summed E-state index contributed by atoms with van der Waals surface area (Å²) >= 11 is 1.60. The second-order valence-electron chi connectivity index (χ2n) is 7.07. The number of anilines is 1. The Morgan fingerprint density at radius 3 is 2.52 bits per heavy atom. The molecule has 33 heavy (non-hydrogen) atoms. The highest BCUT2D eigenvalue weighted by Crippen LogP contribution is 2.28. The number of nitrogens with one attached hydrogen (secondary N) is 1. The second kappa shape index (κ2) is 11.3. The van der Waals surface area contributed by atoms with Crippen LogP contribution in [0.4, 0.5) is 5.69 Å². The number of aromatic nitrogens is 1. The van der Waals surface area contributed by atoms with Crippen molar-refractivity contribution in [3.8, 4) is 5.75 Å². The van der Waals surface area contributed by atoms with E-state index in [-0.39, 0.29) is 16.2 Å². The highest BCUT2D eigenvalue weighted by Gasteiger charge is 2.26. The Bertz CT molecular complexity index is 1200. The van der Waals surface area contributed by atoms with Crippen LogP contribution in [0.3, 0.4) is 0 Å². The lowest BCUT2D eigenvalue weighted by atomic mass is 10.2. The number of rotatable bonds is 10. The predicted octanol–water partition coefficient (Wildman–Crippen LogP) is 4.67. The molecule has 0 fully saturated rings. The lowest BCUT2D eigenvalue weighted by Gasteiger charge is -2.20. The van der Waals surface area contributed by atoms with Crippen LogP contribution in [0.25, 0.3) is 0 Å². The van der Waals surface area contributed by atoms with E-state index in [9.17, 15) is 13.2 Å². The lowest BCUT2D eigenvalue weighted by molar-refractivity contribution is 0.102. The Morgan fingerprint density at radius 1 is 1.06 bits per heavy atom. The Labute approximate surface area is 199 Å². The molecule has 1 aromatic heterocycles. The van der Waals surface area contributed by atoms with Crippen LogP contribution in [0, 0.1) is 0 Å². The minimum absolute atomic E-state index is 0.0261. The van der Waals surface area contributed by atoms with Gasteiger partial charge in [-0.3, -0.25) is 4.79 Å². The number of carbonyl (C=O) groups is 1. The molecule has 0 saturated carbocycles. The monoisotopic (exact) mass is 485 g/mol. The molecule has 0 atom stereocenters. The number of sulfonamides is 1. The van der Waals surface area contributed by atoms with E-state index >= 15 is 0 Å². The minimum atomic E-state index is -3.79. The van der Waals surface area contributed by atoms with Crippen molar-refractivity contribution in [2.24, 2.45) is 0 Å². The van der Waals surface area contributed by atoms with Gasteiger partial charge in [0.05, 0.1) is 12.1 Å². The van der Waals surface area contributed by atoms with Gasteiger partial charge in [-0.25, -0.2) is 13.4 Å². The fourth-order valence-electron chi connectivity index (χ4n) is 3.25. The first-order valence-electron chi connectivity index (χ1n) is 10.5. The first-order valence-corrected chi connectivity index (χ1v) is 12.9. The fourth-order valence-corrected chi connectivity index (χ4v) is 5.70. The second-order valence-corrected chi connectivity index (χ2v) is 9.97. The van der Waals surface area contributed by atoms with Gasteiger partial charge in [-0.1, -0.05) is 32.0 Å². The fraction of sp³-hybridized carbons (Fsp3) is 0.250. The topological polar surface area (TPSA) is 88.6 Å². The Morgan fingerprint density at radius 2 is 1.85 bits per heavy atom. The van der Waals surface area contributed by atoms with Gasteiger partial charge in [-0.05, 0) is 48.0 Å². The number of amides is 1. The van der Waals surface area contributed by atoms with Crippen molar-refractivity contribution >= 4 is 33.4 Å². The zero-order chi connectivity index (χ0) is 23.8. The van der Waals surface area contributed by atoms with Crippen LogP contribution in [-0.4, -0.2) is 43.8 Å². The van der Waals surface area contributed by atoms with E-state index in [1.807, 2.05) is 36.4 Å². The van der Waals surface area contributed by atoms with E-state index < -0.39 is 15.9 Å². The molecule has 0 aliphatic heterocycles. The lowest BCUT2D eigenvalue weighted by Crippen LogP contribution is -2.31. The summed E-state index contributed by atoms with van der Waals surface area (Å²) in [6.07, 6.45) is 1.75. The quantitative estimate of drug-likeness (QED) is 0.420. The molecule has 1 N–H and O–H groups in total. The molecule has 3 rings (SSSR count). The molecule has 0 unspecified atom stereocenters. The maximum absolute atomic E-state index is 13.0. The highest BCUT2D eigenvalue weighted by molar-refractivity contribution is 7.98. The molecule has 0 radical (unpaired) electrons. The van der Waals surface area contributed by atoms with Gasteiger partial charge in [0.25, 0.3) is 5.91 Å². The van der Waals surface area contributed by atoms with Gasteiger partial charge < -0.3 is 10.1 Å². The van der Waals surface area contributed by atoms with Crippen LogP contribution < -0.4 is 10.1 Å². The summed E-state index contributed by atoms with van der Waals surface area (Å²) in [7, 11) is -2.39. The van der Waals surface area contributed by atoms with Crippen molar-refractivity contribution in [2.75, 3.05) is 25.5 Å². The summed E-state index contributed by atoms with van der Waals surface area (Å²) in [4.78, 5) is 17.2. The molecule has 1 amide bonds. The number of ether oxygens (including phenoxy) is 1. The number of methoxy groups -OCH3 is 1. The molecular formula is C24H27N3O4S2.